The van der Waals surface area contributed by atoms with Crippen molar-refractivity contribution in [3.8, 4) is 0 Å². The van der Waals surface area contributed by atoms with E-state index in [0.29, 0.717) is 11.2 Å². The van der Waals surface area contributed by atoms with Crippen molar-refractivity contribution in [3.63, 3.8) is 0 Å². The number of nitro benzene ring substituents is 1. The van der Waals surface area contributed by atoms with Gasteiger partial charge in [0, 0.05) is 35.0 Å². The van der Waals surface area contributed by atoms with Crippen molar-refractivity contribution < 1.29 is 4.92 Å². The smallest absolute Gasteiger partial charge is 0.272 e. The molecule has 0 fully saturated rings. The topological polar surface area (TPSA) is 55.2 Å². The van der Waals surface area contributed by atoms with Gasteiger partial charge in [-0.2, -0.15) is 0 Å². The second-order valence-electron chi connectivity index (χ2n) is 4.29. The lowest BCUT2D eigenvalue weighted by Crippen LogP contribution is -2.05. The molecule has 0 aliphatic heterocycles. The van der Waals surface area contributed by atoms with Crippen molar-refractivity contribution in [3.05, 3.63) is 28.3 Å². The summed E-state index contributed by atoms with van der Waals surface area (Å²) in [5.41, 5.74) is 0.910. The van der Waals surface area contributed by atoms with Gasteiger partial charge in [-0.15, -0.1) is 11.8 Å². The van der Waals surface area contributed by atoms with Crippen LogP contribution in [0.15, 0.2) is 23.1 Å². The lowest BCUT2D eigenvalue weighted by molar-refractivity contribution is -0.385. The Morgan fingerprint density at radius 1 is 1.29 bits per heavy atom. The van der Waals surface area contributed by atoms with Gasteiger partial charge in [0.25, 0.3) is 5.69 Å². The van der Waals surface area contributed by atoms with Crippen molar-refractivity contribution in [2.24, 2.45) is 5.92 Å². The molecule has 0 aliphatic carbocycles. The van der Waals surface area contributed by atoms with Gasteiger partial charge in [-0.1, -0.05) is 20.8 Å². The lowest BCUT2D eigenvalue weighted by Gasteiger charge is -2.15. The average molecular weight is 254 g/mol. The average Bonchev–Trinajstić information content (AvgIpc) is 2.28. The van der Waals surface area contributed by atoms with Gasteiger partial charge in [-0.3, -0.25) is 10.1 Å². The minimum atomic E-state index is -0.356. The van der Waals surface area contributed by atoms with E-state index in [2.05, 4.69) is 26.1 Å². The first-order valence-corrected chi connectivity index (χ1v) is 6.46. The van der Waals surface area contributed by atoms with Gasteiger partial charge in [-0.25, -0.2) is 0 Å². The summed E-state index contributed by atoms with van der Waals surface area (Å²) in [5.74, 6) is 0.539. The quantitative estimate of drug-likeness (QED) is 0.493. The Bertz CT molecular complexity index is 407. The van der Waals surface area contributed by atoms with Crippen LogP contribution in [0.5, 0.6) is 0 Å². The largest absolute Gasteiger partial charge is 0.388 e. The van der Waals surface area contributed by atoms with E-state index >= 15 is 0 Å². The SMILES string of the molecule is CNc1cc(SC(C)C(C)C)cc([N+](=O)[O-])c1. The number of hydrogen-bond acceptors (Lipinski definition) is 4. The molecule has 1 N–H and O–H groups in total. The predicted octanol–water partition coefficient (Wildman–Crippen LogP) is 3.77. The van der Waals surface area contributed by atoms with Crippen LogP contribution >= 0.6 is 11.8 Å². The molecule has 1 atom stereocenters. The Morgan fingerprint density at radius 3 is 2.41 bits per heavy atom. The Hall–Kier alpha value is -1.23. The first kappa shape index (κ1) is 13.8. The number of benzene rings is 1. The summed E-state index contributed by atoms with van der Waals surface area (Å²) in [6, 6.07) is 5.12. The molecule has 0 amide bonds. The predicted molar refractivity (Wildman–Crippen MR) is 72.8 cm³/mol. The highest BCUT2D eigenvalue weighted by atomic mass is 32.2. The third-order valence-corrected chi connectivity index (χ3v) is 4.08. The molecule has 4 nitrogen and oxygen atoms in total. The van der Waals surface area contributed by atoms with E-state index in [9.17, 15) is 10.1 Å². The molecule has 0 heterocycles. The molecule has 1 rings (SSSR count). The Labute approximate surface area is 106 Å². The first-order valence-electron chi connectivity index (χ1n) is 5.58. The zero-order chi connectivity index (χ0) is 13.0. The molecule has 94 valence electrons. The molecule has 5 heteroatoms. The molecule has 0 bridgehead atoms. The van der Waals surface area contributed by atoms with Gasteiger partial charge in [0.05, 0.1) is 4.92 Å². The molecule has 0 saturated carbocycles. The number of nitrogens with one attached hydrogen (secondary N) is 1. The summed E-state index contributed by atoms with van der Waals surface area (Å²) in [5, 5.41) is 14.2. The van der Waals surface area contributed by atoms with Crippen LogP contribution in [0.25, 0.3) is 0 Å². The molecule has 0 radical (unpaired) electrons. The maximum atomic E-state index is 10.8. The van der Waals surface area contributed by atoms with Crippen molar-refractivity contribution in [1.29, 1.82) is 0 Å². The zero-order valence-corrected chi connectivity index (χ0v) is 11.4. The number of nitro groups is 1. The second-order valence-corrected chi connectivity index (χ2v) is 5.74. The van der Waals surface area contributed by atoms with Crippen molar-refractivity contribution in [1.82, 2.24) is 0 Å². The van der Waals surface area contributed by atoms with Crippen LogP contribution in [0.3, 0.4) is 0 Å². The maximum absolute atomic E-state index is 10.8. The van der Waals surface area contributed by atoms with Crippen LogP contribution in [0.4, 0.5) is 11.4 Å². The Balaban J connectivity index is 2.98. The highest BCUT2D eigenvalue weighted by Crippen LogP contribution is 2.32. The number of non-ortho nitro benzene ring substituents is 1. The third kappa shape index (κ3) is 3.93. The number of thioether (sulfide) groups is 1. The summed E-state index contributed by atoms with van der Waals surface area (Å²) in [6.07, 6.45) is 0. The molecule has 0 saturated heterocycles. The van der Waals surface area contributed by atoms with Crippen molar-refractivity contribution in [2.75, 3.05) is 12.4 Å². The van der Waals surface area contributed by atoms with Gasteiger partial charge in [0.15, 0.2) is 0 Å². The summed E-state index contributed by atoms with van der Waals surface area (Å²) in [4.78, 5) is 11.4. The third-order valence-electron chi connectivity index (χ3n) is 2.65. The number of rotatable bonds is 5. The van der Waals surface area contributed by atoms with Gasteiger partial charge < -0.3 is 5.32 Å². The molecule has 0 aromatic heterocycles. The zero-order valence-electron chi connectivity index (χ0n) is 10.6. The van der Waals surface area contributed by atoms with Gasteiger partial charge in [-0.05, 0) is 12.0 Å². The van der Waals surface area contributed by atoms with E-state index in [0.717, 1.165) is 10.6 Å². The minimum absolute atomic E-state index is 0.135. The molecule has 0 spiro atoms. The summed E-state index contributed by atoms with van der Waals surface area (Å²) in [7, 11) is 1.76. The lowest BCUT2D eigenvalue weighted by atomic mass is 10.2. The van der Waals surface area contributed by atoms with Gasteiger partial charge in [0.1, 0.15) is 0 Å². The summed E-state index contributed by atoms with van der Waals surface area (Å²) < 4.78 is 0. The van der Waals surface area contributed by atoms with Gasteiger partial charge >= 0.3 is 0 Å². The van der Waals surface area contributed by atoms with Crippen LogP contribution in [0, 0.1) is 16.0 Å². The fourth-order valence-corrected chi connectivity index (χ4v) is 2.34. The van der Waals surface area contributed by atoms with E-state index in [4.69, 9.17) is 0 Å². The normalized spacial score (nSPS) is 12.5. The van der Waals surface area contributed by atoms with E-state index in [1.807, 2.05) is 6.07 Å². The number of hydrogen-bond donors (Lipinski definition) is 1. The molecule has 1 aromatic rings. The number of anilines is 1. The van der Waals surface area contributed by atoms with Crippen molar-refractivity contribution in [2.45, 2.75) is 30.9 Å². The van der Waals surface area contributed by atoms with E-state index < -0.39 is 0 Å². The molecular weight excluding hydrogens is 236 g/mol. The van der Waals surface area contributed by atoms with E-state index in [-0.39, 0.29) is 10.6 Å². The first-order chi connectivity index (χ1) is 7.93. The highest BCUT2D eigenvalue weighted by Gasteiger charge is 2.13. The van der Waals surface area contributed by atoms with Gasteiger partial charge in [0.2, 0.25) is 0 Å². The Kier molecular flexibility index (Phi) is 4.81. The fraction of sp³-hybridized carbons (Fsp3) is 0.500. The minimum Gasteiger partial charge on any atom is -0.388 e. The van der Waals surface area contributed by atoms with E-state index in [1.165, 1.54) is 0 Å². The molecule has 0 aliphatic rings. The van der Waals surface area contributed by atoms with Crippen LogP contribution in [0.2, 0.25) is 0 Å². The van der Waals surface area contributed by atoms with E-state index in [1.54, 1.807) is 30.9 Å². The monoisotopic (exact) mass is 254 g/mol. The Morgan fingerprint density at radius 2 is 1.94 bits per heavy atom. The van der Waals surface area contributed by atoms with Crippen LogP contribution in [-0.4, -0.2) is 17.2 Å². The standard InChI is InChI=1S/C12H18N2O2S/c1-8(2)9(3)17-12-6-10(13-4)5-11(7-12)14(15)16/h5-9,13H,1-4H3. The van der Waals surface area contributed by atoms with Crippen LogP contribution in [-0.2, 0) is 0 Å². The molecule has 17 heavy (non-hydrogen) atoms. The van der Waals surface area contributed by atoms with Crippen LogP contribution < -0.4 is 5.32 Å². The van der Waals surface area contributed by atoms with Crippen molar-refractivity contribution >= 4 is 23.1 Å². The second kappa shape index (κ2) is 5.91. The number of nitrogens with zero attached hydrogens (tertiary/aromatic N) is 1. The molecular formula is C12H18N2O2S. The highest BCUT2D eigenvalue weighted by molar-refractivity contribution is 8.00. The molecule has 1 aromatic carbocycles. The molecule has 1 unspecified atom stereocenters. The van der Waals surface area contributed by atoms with Crippen LogP contribution in [0.1, 0.15) is 20.8 Å². The maximum Gasteiger partial charge on any atom is 0.272 e. The summed E-state index contributed by atoms with van der Waals surface area (Å²) in [6.45, 7) is 6.43. The summed E-state index contributed by atoms with van der Waals surface area (Å²) >= 11 is 1.67. The fourth-order valence-electron chi connectivity index (χ4n) is 1.25.